The van der Waals surface area contributed by atoms with Crippen molar-refractivity contribution >= 4 is 15.9 Å². The van der Waals surface area contributed by atoms with E-state index in [4.69, 9.17) is 4.74 Å². The van der Waals surface area contributed by atoms with E-state index in [0.717, 1.165) is 12.1 Å². The summed E-state index contributed by atoms with van der Waals surface area (Å²) in [5.74, 6) is -0.579. The summed E-state index contributed by atoms with van der Waals surface area (Å²) in [6, 6.07) is 9.49. The standard InChI is InChI=1S/C16H16BrF2NO/c1-2-20-9-11-5-3-8-14(19)16(11)21-10-12-6-4-7-13(18)15(12)17/h3-8,20H,2,9-10H2,1H3. The van der Waals surface area contributed by atoms with Crippen molar-refractivity contribution in [2.75, 3.05) is 6.54 Å². The quantitative estimate of drug-likeness (QED) is 0.828. The largest absolute Gasteiger partial charge is 0.485 e. The van der Waals surface area contributed by atoms with Gasteiger partial charge in [0, 0.05) is 17.7 Å². The van der Waals surface area contributed by atoms with Gasteiger partial charge < -0.3 is 10.1 Å². The molecule has 0 amide bonds. The molecule has 0 aromatic heterocycles. The molecule has 0 radical (unpaired) electrons. The van der Waals surface area contributed by atoms with Crippen molar-refractivity contribution in [2.45, 2.75) is 20.1 Å². The third-order valence-electron chi connectivity index (χ3n) is 3.02. The van der Waals surface area contributed by atoms with Crippen LogP contribution in [-0.2, 0) is 13.2 Å². The lowest BCUT2D eigenvalue weighted by molar-refractivity contribution is 0.285. The molecular weight excluding hydrogens is 340 g/mol. The van der Waals surface area contributed by atoms with E-state index < -0.39 is 5.82 Å². The van der Waals surface area contributed by atoms with E-state index in [0.29, 0.717) is 16.6 Å². The Balaban J connectivity index is 2.17. The van der Waals surface area contributed by atoms with Gasteiger partial charge in [-0.15, -0.1) is 0 Å². The average molecular weight is 356 g/mol. The van der Waals surface area contributed by atoms with Gasteiger partial charge in [0.1, 0.15) is 12.4 Å². The number of ether oxygens (including phenoxy) is 1. The Labute approximate surface area is 131 Å². The highest BCUT2D eigenvalue weighted by molar-refractivity contribution is 9.10. The van der Waals surface area contributed by atoms with Crippen molar-refractivity contribution in [3.8, 4) is 5.75 Å². The maximum atomic E-state index is 13.9. The lowest BCUT2D eigenvalue weighted by Gasteiger charge is -2.13. The number of hydrogen-bond acceptors (Lipinski definition) is 2. The molecule has 0 saturated carbocycles. The van der Waals surface area contributed by atoms with Crippen molar-refractivity contribution in [1.29, 1.82) is 0 Å². The summed E-state index contributed by atoms with van der Waals surface area (Å²) in [4.78, 5) is 0. The summed E-state index contributed by atoms with van der Waals surface area (Å²) in [7, 11) is 0. The Morgan fingerprint density at radius 1 is 1.05 bits per heavy atom. The van der Waals surface area contributed by atoms with Crippen LogP contribution >= 0.6 is 15.9 Å². The molecule has 2 rings (SSSR count). The van der Waals surface area contributed by atoms with Gasteiger partial charge in [-0.25, -0.2) is 8.78 Å². The van der Waals surface area contributed by atoms with Crippen LogP contribution in [0.3, 0.4) is 0 Å². The minimum Gasteiger partial charge on any atom is -0.485 e. The normalized spacial score (nSPS) is 10.7. The highest BCUT2D eigenvalue weighted by atomic mass is 79.9. The molecule has 0 unspecified atom stereocenters. The minimum absolute atomic E-state index is 0.0956. The molecule has 1 N–H and O–H groups in total. The van der Waals surface area contributed by atoms with Gasteiger partial charge in [0.15, 0.2) is 11.6 Å². The van der Waals surface area contributed by atoms with Crippen LogP contribution in [0.1, 0.15) is 18.1 Å². The van der Waals surface area contributed by atoms with E-state index in [-0.39, 0.29) is 18.2 Å². The molecular formula is C16H16BrF2NO. The van der Waals surface area contributed by atoms with E-state index in [9.17, 15) is 8.78 Å². The molecule has 5 heteroatoms. The summed E-state index contributed by atoms with van der Waals surface area (Å²) in [5, 5.41) is 3.13. The Hall–Kier alpha value is -1.46. The molecule has 2 nitrogen and oxygen atoms in total. The molecule has 112 valence electrons. The molecule has 2 aromatic carbocycles. The van der Waals surface area contributed by atoms with Crippen LogP contribution in [0.5, 0.6) is 5.75 Å². The lowest BCUT2D eigenvalue weighted by atomic mass is 10.2. The van der Waals surface area contributed by atoms with Gasteiger partial charge in [-0.05, 0) is 34.6 Å². The molecule has 0 aliphatic rings. The predicted molar refractivity (Wildman–Crippen MR) is 82.2 cm³/mol. The third kappa shape index (κ3) is 4.02. The van der Waals surface area contributed by atoms with Gasteiger partial charge in [0.05, 0.1) is 4.47 Å². The highest BCUT2D eigenvalue weighted by Gasteiger charge is 2.11. The fourth-order valence-corrected chi connectivity index (χ4v) is 2.30. The van der Waals surface area contributed by atoms with Gasteiger partial charge in [-0.2, -0.15) is 0 Å². The summed E-state index contributed by atoms with van der Waals surface area (Å²) in [6.07, 6.45) is 0. The Kier molecular flexibility index (Phi) is 5.70. The van der Waals surface area contributed by atoms with Crippen LogP contribution in [0.4, 0.5) is 8.78 Å². The number of para-hydroxylation sites is 1. The minimum atomic E-state index is -0.419. The lowest BCUT2D eigenvalue weighted by Crippen LogP contribution is -2.13. The summed E-state index contributed by atoms with van der Waals surface area (Å²) < 4.78 is 33.3. The van der Waals surface area contributed by atoms with E-state index in [2.05, 4.69) is 21.2 Å². The van der Waals surface area contributed by atoms with Gasteiger partial charge >= 0.3 is 0 Å². The monoisotopic (exact) mass is 355 g/mol. The zero-order valence-corrected chi connectivity index (χ0v) is 13.2. The molecule has 0 aliphatic heterocycles. The first kappa shape index (κ1) is 15.9. The first-order valence-electron chi connectivity index (χ1n) is 6.67. The molecule has 0 fully saturated rings. The SMILES string of the molecule is CCNCc1cccc(F)c1OCc1cccc(F)c1Br. The maximum Gasteiger partial charge on any atom is 0.165 e. The van der Waals surface area contributed by atoms with Crippen molar-refractivity contribution in [3.05, 3.63) is 63.6 Å². The number of hydrogen-bond donors (Lipinski definition) is 1. The van der Waals surface area contributed by atoms with Crippen LogP contribution < -0.4 is 10.1 Å². The topological polar surface area (TPSA) is 21.3 Å². The average Bonchev–Trinajstić information content (AvgIpc) is 2.48. The first-order valence-corrected chi connectivity index (χ1v) is 7.46. The van der Waals surface area contributed by atoms with Crippen molar-refractivity contribution in [1.82, 2.24) is 5.32 Å². The molecule has 0 heterocycles. The fourth-order valence-electron chi connectivity index (χ4n) is 1.92. The smallest absolute Gasteiger partial charge is 0.165 e. The number of rotatable bonds is 6. The molecule has 0 aliphatic carbocycles. The van der Waals surface area contributed by atoms with Crippen molar-refractivity contribution < 1.29 is 13.5 Å². The maximum absolute atomic E-state index is 13.9. The van der Waals surface area contributed by atoms with Crippen LogP contribution in [-0.4, -0.2) is 6.54 Å². The van der Waals surface area contributed by atoms with E-state index in [1.54, 1.807) is 18.2 Å². The Morgan fingerprint density at radius 2 is 1.71 bits per heavy atom. The molecule has 2 aromatic rings. The van der Waals surface area contributed by atoms with Crippen LogP contribution in [0.15, 0.2) is 40.9 Å². The molecule has 0 saturated heterocycles. The van der Waals surface area contributed by atoms with Crippen LogP contribution in [0, 0.1) is 11.6 Å². The first-order chi connectivity index (χ1) is 10.1. The molecule has 0 atom stereocenters. The van der Waals surface area contributed by atoms with Gasteiger partial charge in [-0.1, -0.05) is 31.2 Å². The second-order valence-electron chi connectivity index (χ2n) is 4.51. The summed E-state index contributed by atoms with van der Waals surface area (Å²) in [5.41, 5.74) is 1.37. The third-order valence-corrected chi connectivity index (χ3v) is 3.91. The van der Waals surface area contributed by atoms with Gasteiger partial charge in [-0.3, -0.25) is 0 Å². The zero-order valence-electron chi connectivity index (χ0n) is 11.6. The van der Waals surface area contributed by atoms with Gasteiger partial charge in [0.2, 0.25) is 0 Å². The second-order valence-corrected chi connectivity index (χ2v) is 5.30. The zero-order chi connectivity index (χ0) is 15.2. The second kappa shape index (κ2) is 7.52. The van der Waals surface area contributed by atoms with Crippen LogP contribution in [0.2, 0.25) is 0 Å². The van der Waals surface area contributed by atoms with Crippen molar-refractivity contribution in [3.63, 3.8) is 0 Å². The predicted octanol–water partition coefficient (Wildman–Crippen LogP) is 4.42. The number of benzene rings is 2. The molecule has 0 bridgehead atoms. The van der Waals surface area contributed by atoms with Crippen molar-refractivity contribution in [2.24, 2.45) is 0 Å². The number of nitrogens with one attached hydrogen (secondary N) is 1. The van der Waals surface area contributed by atoms with E-state index in [1.165, 1.54) is 12.1 Å². The summed E-state index contributed by atoms with van der Waals surface area (Å²) in [6.45, 7) is 3.38. The summed E-state index contributed by atoms with van der Waals surface area (Å²) >= 11 is 3.17. The van der Waals surface area contributed by atoms with E-state index in [1.807, 2.05) is 13.0 Å². The molecule has 21 heavy (non-hydrogen) atoms. The Morgan fingerprint density at radius 3 is 2.43 bits per heavy atom. The van der Waals surface area contributed by atoms with Crippen LogP contribution in [0.25, 0.3) is 0 Å². The highest BCUT2D eigenvalue weighted by Crippen LogP contribution is 2.26. The Bertz CT molecular complexity index is 619. The van der Waals surface area contributed by atoms with Gasteiger partial charge in [0.25, 0.3) is 0 Å². The molecule has 0 spiro atoms. The van der Waals surface area contributed by atoms with E-state index >= 15 is 0 Å². The number of halogens is 3. The fraction of sp³-hybridized carbons (Fsp3) is 0.250.